The Kier molecular flexibility index (Phi) is 9.02. The second-order valence-electron chi connectivity index (χ2n) is 7.97. The van der Waals surface area contributed by atoms with Gasteiger partial charge in [0.15, 0.2) is 5.60 Å². The average molecular weight is 459 g/mol. The van der Waals surface area contributed by atoms with Gasteiger partial charge in [-0.05, 0) is 58.4 Å². The Hall–Kier alpha value is -3.36. The van der Waals surface area contributed by atoms with E-state index in [9.17, 15) is 9.59 Å². The van der Waals surface area contributed by atoms with Crippen molar-refractivity contribution in [2.24, 2.45) is 0 Å². The summed E-state index contributed by atoms with van der Waals surface area (Å²) < 4.78 is 18.1. The summed E-state index contributed by atoms with van der Waals surface area (Å²) in [4.78, 5) is 29.4. The third-order valence-corrected chi connectivity index (χ3v) is 4.94. The largest absolute Gasteiger partial charge is 0.492 e. The van der Waals surface area contributed by atoms with Crippen molar-refractivity contribution in [3.63, 3.8) is 0 Å². The van der Waals surface area contributed by atoms with Gasteiger partial charge >= 0.3 is 5.97 Å². The molecule has 0 aliphatic carbocycles. The van der Waals surface area contributed by atoms with Crippen molar-refractivity contribution in [3.8, 4) is 11.5 Å². The number of ether oxygens (including phenoxy) is 3. The van der Waals surface area contributed by atoms with Crippen molar-refractivity contribution in [1.82, 2.24) is 9.55 Å². The highest BCUT2D eigenvalue weighted by Gasteiger charge is 2.31. The predicted molar refractivity (Wildman–Crippen MR) is 128 cm³/mol. The Bertz CT molecular complexity index is 1030. The molecule has 1 aromatic heterocycles. The molecule has 0 spiro atoms. The number of carbonyl (C=O) groups is 1. The number of esters is 1. The summed E-state index contributed by atoms with van der Waals surface area (Å²) in [5, 5.41) is 11.1. The summed E-state index contributed by atoms with van der Waals surface area (Å²) in [5.41, 5.74) is -0.257. The molecule has 9 heteroatoms. The molecule has 0 saturated carbocycles. The molecule has 1 aromatic carbocycles. The van der Waals surface area contributed by atoms with Crippen molar-refractivity contribution >= 4 is 17.4 Å². The molecule has 2 N–H and O–H groups in total. The maximum absolute atomic E-state index is 12.9. The Balaban J connectivity index is 2.05. The van der Waals surface area contributed by atoms with Crippen LogP contribution in [0.25, 0.3) is 0 Å². The predicted octanol–water partition coefficient (Wildman–Crippen LogP) is 3.56. The fourth-order valence-corrected chi connectivity index (χ4v) is 3.24. The van der Waals surface area contributed by atoms with Crippen LogP contribution in [0.5, 0.6) is 11.5 Å². The Morgan fingerprint density at radius 3 is 2.39 bits per heavy atom. The average Bonchev–Trinajstić information content (AvgIpc) is 2.77. The zero-order valence-electron chi connectivity index (χ0n) is 20.3. The molecule has 0 saturated heterocycles. The molecule has 180 valence electrons. The van der Waals surface area contributed by atoms with Crippen LogP contribution in [0.4, 0.5) is 5.69 Å². The first-order chi connectivity index (χ1) is 15.6. The smallest absolute Gasteiger partial charge is 0.349 e. The normalized spacial score (nSPS) is 11.1. The van der Waals surface area contributed by atoms with E-state index in [1.807, 2.05) is 6.92 Å². The number of nitrogens with one attached hydrogen (secondary N) is 2. The van der Waals surface area contributed by atoms with Gasteiger partial charge in [-0.25, -0.2) is 9.78 Å². The fraction of sp³-hybridized carbons (Fsp3) is 0.500. The first kappa shape index (κ1) is 25.9. The van der Waals surface area contributed by atoms with Gasteiger partial charge in [0.05, 0.1) is 18.9 Å². The lowest BCUT2D eigenvalue weighted by molar-refractivity contribution is -0.158. The third kappa shape index (κ3) is 6.57. The molecular weight excluding hydrogens is 424 g/mol. The van der Waals surface area contributed by atoms with Gasteiger partial charge in [-0.1, -0.05) is 13.3 Å². The molecule has 0 aliphatic rings. The maximum Gasteiger partial charge on any atom is 0.349 e. The van der Waals surface area contributed by atoms with Gasteiger partial charge < -0.3 is 24.9 Å². The molecule has 0 fully saturated rings. The molecule has 33 heavy (non-hydrogen) atoms. The summed E-state index contributed by atoms with van der Waals surface area (Å²) in [6.45, 7) is 9.64. The number of benzene rings is 1. The van der Waals surface area contributed by atoms with Crippen LogP contribution in [0.1, 0.15) is 52.1 Å². The summed E-state index contributed by atoms with van der Waals surface area (Å²) in [5.74, 6) is 1.21. The van der Waals surface area contributed by atoms with E-state index in [1.54, 1.807) is 59.0 Å². The number of rotatable bonds is 12. The van der Waals surface area contributed by atoms with Crippen LogP contribution in [-0.2, 0) is 16.1 Å². The molecule has 0 aliphatic heterocycles. The molecule has 9 nitrogen and oxygen atoms in total. The summed E-state index contributed by atoms with van der Waals surface area (Å²) in [7, 11) is 1.66. The molecule has 1 heterocycles. The number of anilines is 1. The standard InChI is InChI=1S/C24H34N4O5/c1-7-9-19(25)20-21(26-6)22(29)28(16(3)27-20)14-15-32-17-10-12-18(13-11-17)33-24(4,5)23(30)31-8-2/h10-13,25-26H,7-9,14-15H2,1-6H3. The number of aryl methyl sites for hydroxylation is 1. The zero-order valence-corrected chi connectivity index (χ0v) is 20.3. The number of hydrogen-bond donors (Lipinski definition) is 2. The molecule has 0 bridgehead atoms. The highest BCUT2D eigenvalue weighted by Crippen LogP contribution is 2.23. The first-order valence-electron chi connectivity index (χ1n) is 11.1. The van der Waals surface area contributed by atoms with E-state index in [1.165, 1.54) is 4.57 Å². The van der Waals surface area contributed by atoms with E-state index in [-0.39, 0.29) is 18.8 Å². The number of carbonyl (C=O) groups excluding carboxylic acids is 1. The van der Waals surface area contributed by atoms with Gasteiger partial charge in [-0.3, -0.25) is 9.36 Å². The molecule has 2 rings (SSSR count). The van der Waals surface area contributed by atoms with Gasteiger partial charge in [0.1, 0.15) is 35.3 Å². The van der Waals surface area contributed by atoms with Gasteiger partial charge in [0.25, 0.3) is 5.56 Å². The molecule has 0 unspecified atom stereocenters. The molecule has 2 aromatic rings. The minimum Gasteiger partial charge on any atom is -0.492 e. The summed E-state index contributed by atoms with van der Waals surface area (Å²) >= 11 is 0. The lowest BCUT2D eigenvalue weighted by Gasteiger charge is -2.24. The zero-order chi connectivity index (χ0) is 24.6. The lowest BCUT2D eigenvalue weighted by Crippen LogP contribution is -2.39. The lowest BCUT2D eigenvalue weighted by atomic mass is 10.1. The van der Waals surface area contributed by atoms with Crippen LogP contribution >= 0.6 is 0 Å². The van der Waals surface area contributed by atoms with Gasteiger partial charge in [-0.2, -0.15) is 0 Å². The quantitative estimate of drug-likeness (QED) is 0.369. The highest BCUT2D eigenvalue weighted by atomic mass is 16.6. The van der Waals surface area contributed by atoms with Crippen LogP contribution in [0.2, 0.25) is 0 Å². The van der Waals surface area contributed by atoms with Crippen LogP contribution in [0, 0.1) is 12.3 Å². The first-order valence-corrected chi connectivity index (χ1v) is 11.1. The minimum atomic E-state index is -1.10. The molecule has 0 amide bonds. The van der Waals surface area contributed by atoms with E-state index in [0.717, 1.165) is 6.42 Å². The molecule has 0 atom stereocenters. The van der Waals surface area contributed by atoms with Crippen molar-refractivity contribution in [3.05, 3.63) is 46.1 Å². The van der Waals surface area contributed by atoms with E-state index in [4.69, 9.17) is 19.6 Å². The van der Waals surface area contributed by atoms with E-state index < -0.39 is 11.6 Å². The van der Waals surface area contributed by atoms with Crippen molar-refractivity contribution < 1.29 is 19.0 Å². The Morgan fingerprint density at radius 1 is 1.18 bits per heavy atom. The number of nitrogens with zero attached hydrogens (tertiary/aromatic N) is 2. The van der Waals surface area contributed by atoms with E-state index in [0.29, 0.717) is 47.4 Å². The maximum atomic E-state index is 12.9. The van der Waals surface area contributed by atoms with E-state index in [2.05, 4.69) is 10.3 Å². The number of hydrogen-bond acceptors (Lipinski definition) is 8. The minimum absolute atomic E-state index is 0.227. The SMILES string of the molecule is CCCC(=N)c1nc(C)n(CCOc2ccc(OC(C)(C)C(=O)OCC)cc2)c(=O)c1NC. The Labute approximate surface area is 194 Å². The Morgan fingerprint density at radius 2 is 1.82 bits per heavy atom. The van der Waals surface area contributed by atoms with Crippen molar-refractivity contribution in [2.75, 3.05) is 25.6 Å². The van der Waals surface area contributed by atoms with Crippen LogP contribution < -0.4 is 20.3 Å². The molecule has 0 radical (unpaired) electrons. The summed E-state index contributed by atoms with van der Waals surface area (Å²) in [6.07, 6.45) is 1.37. The third-order valence-electron chi connectivity index (χ3n) is 4.94. The summed E-state index contributed by atoms with van der Waals surface area (Å²) in [6, 6.07) is 6.89. The molecular formula is C24H34N4O5. The second-order valence-corrected chi connectivity index (χ2v) is 7.97. The highest BCUT2D eigenvalue weighted by molar-refractivity contribution is 6.00. The monoisotopic (exact) mass is 458 g/mol. The van der Waals surface area contributed by atoms with Crippen molar-refractivity contribution in [1.29, 1.82) is 5.41 Å². The van der Waals surface area contributed by atoms with Gasteiger partial charge in [-0.15, -0.1) is 0 Å². The van der Waals surface area contributed by atoms with Gasteiger partial charge in [0.2, 0.25) is 0 Å². The number of aromatic nitrogens is 2. The van der Waals surface area contributed by atoms with E-state index >= 15 is 0 Å². The second kappa shape index (κ2) is 11.5. The van der Waals surface area contributed by atoms with Crippen LogP contribution in [0.3, 0.4) is 0 Å². The fourth-order valence-electron chi connectivity index (χ4n) is 3.24. The van der Waals surface area contributed by atoms with Crippen LogP contribution in [-0.4, -0.2) is 47.1 Å². The topological polar surface area (TPSA) is 116 Å². The van der Waals surface area contributed by atoms with Crippen molar-refractivity contribution in [2.45, 2.75) is 59.6 Å². The van der Waals surface area contributed by atoms with Crippen LogP contribution in [0.15, 0.2) is 29.1 Å². The van der Waals surface area contributed by atoms with Gasteiger partial charge in [0, 0.05) is 7.05 Å².